The summed E-state index contributed by atoms with van der Waals surface area (Å²) in [5.74, 6) is -6.15. The second kappa shape index (κ2) is 5.42. The molecule has 3 nitrogen and oxygen atoms in total. The van der Waals surface area contributed by atoms with Gasteiger partial charge in [0.05, 0.1) is 6.61 Å². The van der Waals surface area contributed by atoms with E-state index in [2.05, 4.69) is 4.74 Å². The molecule has 0 saturated heterocycles. The first kappa shape index (κ1) is 15.1. The molecule has 0 aliphatic carbocycles. The Morgan fingerprint density at radius 3 is 2.19 bits per heavy atom. The van der Waals surface area contributed by atoms with Crippen molar-refractivity contribution in [3.05, 3.63) is 0 Å². The van der Waals surface area contributed by atoms with E-state index in [9.17, 15) is 26.7 Å². The molecule has 1 N–H and O–H groups in total. The molecule has 0 aliphatic heterocycles. The first-order valence-electron chi connectivity index (χ1n) is 4.41. The maximum absolute atomic E-state index is 12.4. The fraction of sp³-hybridized carbons (Fsp3) is 0.875. The topological polar surface area (TPSA) is 46.5 Å². The van der Waals surface area contributed by atoms with Crippen molar-refractivity contribution >= 4 is 5.97 Å². The van der Waals surface area contributed by atoms with Crippen LogP contribution in [0.3, 0.4) is 0 Å². The van der Waals surface area contributed by atoms with Gasteiger partial charge in [-0.25, -0.2) is 0 Å². The van der Waals surface area contributed by atoms with Crippen molar-refractivity contribution in [2.75, 3.05) is 6.61 Å². The zero-order chi connectivity index (χ0) is 13.0. The van der Waals surface area contributed by atoms with E-state index in [1.54, 1.807) is 0 Å². The van der Waals surface area contributed by atoms with Crippen molar-refractivity contribution < 1.29 is 36.6 Å². The Morgan fingerprint density at radius 1 is 1.31 bits per heavy atom. The standard InChI is InChI=1S/C8H11F5O3/c1-2-16-6(15)4-3-5(14)7(9,10)8(11,12)13/h5,14H,2-4H2,1H3. The molecule has 0 bridgehead atoms. The number of esters is 1. The Hall–Kier alpha value is -0.920. The van der Waals surface area contributed by atoms with Crippen molar-refractivity contribution in [3.63, 3.8) is 0 Å². The second-order valence-corrected chi connectivity index (χ2v) is 2.98. The van der Waals surface area contributed by atoms with Crippen molar-refractivity contribution in [1.82, 2.24) is 0 Å². The quantitative estimate of drug-likeness (QED) is 0.598. The summed E-state index contributed by atoms with van der Waals surface area (Å²) in [7, 11) is 0. The van der Waals surface area contributed by atoms with E-state index in [0.717, 1.165) is 0 Å². The van der Waals surface area contributed by atoms with Crippen LogP contribution in [0.2, 0.25) is 0 Å². The molecule has 0 aliphatic rings. The van der Waals surface area contributed by atoms with Gasteiger partial charge in [0.25, 0.3) is 0 Å². The molecule has 0 spiro atoms. The summed E-state index contributed by atoms with van der Waals surface area (Å²) >= 11 is 0. The normalized spacial score (nSPS) is 14.7. The molecule has 0 aromatic rings. The van der Waals surface area contributed by atoms with E-state index in [4.69, 9.17) is 5.11 Å². The number of rotatable bonds is 5. The van der Waals surface area contributed by atoms with Gasteiger partial charge in [0, 0.05) is 6.42 Å². The van der Waals surface area contributed by atoms with Crippen LogP contribution in [0.4, 0.5) is 22.0 Å². The molecular weight excluding hydrogens is 239 g/mol. The van der Waals surface area contributed by atoms with Crippen LogP contribution in [0.25, 0.3) is 0 Å². The summed E-state index contributed by atoms with van der Waals surface area (Å²) in [6, 6.07) is 0. The zero-order valence-corrected chi connectivity index (χ0v) is 8.35. The molecular formula is C8H11F5O3. The predicted octanol–water partition coefficient (Wildman–Crippen LogP) is 1.89. The minimum absolute atomic E-state index is 0.00933. The minimum Gasteiger partial charge on any atom is -0.466 e. The van der Waals surface area contributed by atoms with Gasteiger partial charge in [0.15, 0.2) is 0 Å². The molecule has 1 unspecified atom stereocenters. The lowest BCUT2D eigenvalue weighted by molar-refractivity contribution is -0.313. The molecule has 0 fully saturated rings. The van der Waals surface area contributed by atoms with Gasteiger partial charge in [0.2, 0.25) is 0 Å². The van der Waals surface area contributed by atoms with E-state index in [-0.39, 0.29) is 6.61 Å². The van der Waals surface area contributed by atoms with Crippen molar-refractivity contribution in [3.8, 4) is 0 Å². The van der Waals surface area contributed by atoms with Crippen LogP contribution >= 0.6 is 0 Å². The zero-order valence-electron chi connectivity index (χ0n) is 8.35. The van der Waals surface area contributed by atoms with E-state index < -0.39 is 37.0 Å². The molecule has 0 heterocycles. The SMILES string of the molecule is CCOC(=O)CCC(O)C(F)(F)C(F)(F)F. The molecule has 96 valence electrons. The molecule has 0 radical (unpaired) electrons. The van der Waals surface area contributed by atoms with Crippen molar-refractivity contribution in [1.29, 1.82) is 0 Å². The number of hydrogen-bond acceptors (Lipinski definition) is 3. The van der Waals surface area contributed by atoms with Crippen LogP contribution in [0.15, 0.2) is 0 Å². The van der Waals surface area contributed by atoms with E-state index in [1.807, 2.05) is 0 Å². The summed E-state index contributed by atoms with van der Waals surface area (Å²) in [6.45, 7) is 1.45. The van der Waals surface area contributed by atoms with Gasteiger partial charge in [0.1, 0.15) is 6.10 Å². The summed E-state index contributed by atoms with van der Waals surface area (Å²) in [6.07, 6.45) is -10.5. The Labute approximate surface area is 88.2 Å². The highest BCUT2D eigenvalue weighted by molar-refractivity contribution is 5.69. The number of halogens is 5. The minimum atomic E-state index is -5.83. The van der Waals surface area contributed by atoms with Crippen LogP contribution < -0.4 is 0 Å². The highest BCUT2D eigenvalue weighted by atomic mass is 19.4. The predicted molar refractivity (Wildman–Crippen MR) is 42.9 cm³/mol. The summed E-state index contributed by atoms with van der Waals surface area (Å²) in [5, 5.41) is 8.65. The van der Waals surface area contributed by atoms with Gasteiger partial charge in [-0.05, 0) is 13.3 Å². The third-order valence-electron chi connectivity index (χ3n) is 1.72. The highest BCUT2D eigenvalue weighted by Crippen LogP contribution is 2.39. The highest BCUT2D eigenvalue weighted by Gasteiger charge is 2.61. The number of carbonyl (C=O) groups excluding carboxylic acids is 1. The fourth-order valence-electron chi connectivity index (χ4n) is 0.858. The van der Waals surface area contributed by atoms with E-state index in [1.165, 1.54) is 6.92 Å². The average Bonchev–Trinajstić information content (AvgIpc) is 2.12. The van der Waals surface area contributed by atoms with Gasteiger partial charge >= 0.3 is 18.1 Å². The third kappa shape index (κ3) is 3.92. The van der Waals surface area contributed by atoms with Gasteiger partial charge < -0.3 is 9.84 Å². The number of aliphatic hydroxyl groups is 1. The number of aliphatic hydroxyl groups excluding tert-OH is 1. The van der Waals surface area contributed by atoms with Crippen LogP contribution in [0.1, 0.15) is 19.8 Å². The van der Waals surface area contributed by atoms with Gasteiger partial charge in [-0.3, -0.25) is 4.79 Å². The van der Waals surface area contributed by atoms with E-state index in [0.29, 0.717) is 0 Å². The van der Waals surface area contributed by atoms with Crippen LogP contribution in [0.5, 0.6) is 0 Å². The number of ether oxygens (including phenoxy) is 1. The van der Waals surface area contributed by atoms with Crippen LogP contribution in [0, 0.1) is 0 Å². The monoisotopic (exact) mass is 250 g/mol. The fourth-order valence-corrected chi connectivity index (χ4v) is 0.858. The summed E-state index contributed by atoms with van der Waals surface area (Å²) in [4.78, 5) is 10.7. The second-order valence-electron chi connectivity index (χ2n) is 2.98. The first-order valence-corrected chi connectivity index (χ1v) is 4.41. The molecule has 0 aromatic heterocycles. The summed E-state index contributed by atoms with van der Waals surface area (Å²) < 4.78 is 64.4. The maximum Gasteiger partial charge on any atom is 0.456 e. The largest absolute Gasteiger partial charge is 0.466 e. The average molecular weight is 250 g/mol. The lowest BCUT2D eigenvalue weighted by Gasteiger charge is -2.24. The number of alkyl halides is 5. The van der Waals surface area contributed by atoms with Crippen molar-refractivity contribution in [2.24, 2.45) is 0 Å². The smallest absolute Gasteiger partial charge is 0.456 e. The summed E-state index contributed by atoms with van der Waals surface area (Å²) in [5.41, 5.74) is 0. The van der Waals surface area contributed by atoms with Crippen LogP contribution in [-0.4, -0.2) is 35.9 Å². The Morgan fingerprint density at radius 2 is 1.81 bits per heavy atom. The van der Waals surface area contributed by atoms with Gasteiger partial charge in [-0.2, -0.15) is 22.0 Å². The molecule has 0 amide bonds. The third-order valence-corrected chi connectivity index (χ3v) is 1.72. The lowest BCUT2D eigenvalue weighted by atomic mass is 10.1. The lowest BCUT2D eigenvalue weighted by Crippen LogP contribution is -2.47. The van der Waals surface area contributed by atoms with E-state index >= 15 is 0 Å². The molecule has 0 saturated carbocycles. The maximum atomic E-state index is 12.4. The van der Waals surface area contributed by atoms with Crippen molar-refractivity contribution in [2.45, 2.75) is 38.0 Å². The molecule has 1 atom stereocenters. The van der Waals surface area contributed by atoms with Gasteiger partial charge in [-0.1, -0.05) is 0 Å². The first-order chi connectivity index (χ1) is 7.13. The van der Waals surface area contributed by atoms with Crippen LogP contribution in [-0.2, 0) is 9.53 Å². The Kier molecular flexibility index (Phi) is 5.11. The Bertz CT molecular complexity index is 238. The number of hydrogen-bond donors (Lipinski definition) is 1. The van der Waals surface area contributed by atoms with Gasteiger partial charge in [-0.15, -0.1) is 0 Å². The number of carbonyl (C=O) groups is 1. The molecule has 0 rings (SSSR count). The molecule has 0 aromatic carbocycles. The Balaban J connectivity index is 4.26. The molecule has 16 heavy (non-hydrogen) atoms. The molecule has 8 heteroatoms.